The summed E-state index contributed by atoms with van der Waals surface area (Å²) in [5.41, 5.74) is 5.99. The third-order valence-electron chi connectivity index (χ3n) is 3.16. The van der Waals surface area contributed by atoms with Crippen molar-refractivity contribution in [2.75, 3.05) is 12.8 Å². The van der Waals surface area contributed by atoms with Crippen LogP contribution in [0.2, 0.25) is 0 Å². The standard InChI is InChI=1S/C12H23N3O2S/c1-8(16)15-12-9(13)7-18-10(12)5-3-4-6-11(17)14-2/h9-10,12H,3-7,13H2,1-2H3,(H,14,17)(H,15,16). The van der Waals surface area contributed by atoms with Crippen LogP contribution in [0, 0.1) is 0 Å². The van der Waals surface area contributed by atoms with Gasteiger partial charge in [0, 0.05) is 37.4 Å². The normalized spacial score (nSPS) is 26.9. The molecule has 1 saturated heterocycles. The monoisotopic (exact) mass is 273 g/mol. The second kappa shape index (κ2) is 7.63. The lowest BCUT2D eigenvalue weighted by Gasteiger charge is -2.22. The highest BCUT2D eigenvalue weighted by Gasteiger charge is 2.34. The Balaban J connectivity index is 2.27. The molecule has 18 heavy (non-hydrogen) atoms. The molecule has 0 radical (unpaired) electrons. The van der Waals surface area contributed by atoms with E-state index in [4.69, 9.17) is 5.73 Å². The average Bonchev–Trinajstić information content (AvgIpc) is 2.66. The minimum Gasteiger partial charge on any atom is -0.359 e. The highest BCUT2D eigenvalue weighted by atomic mass is 32.2. The number of nitrogens with two attached hydrogens (primary N) is 1. The predicted octanol–water partition coefficient (Wildman–Crippen LogP) is 0.240. The highest BCUT2D eigenvalue weighted by molar-refractivity contribution is 8.00. The number of thioether (sulfide) groups is 1. The molecule has 1 aliphatic rings. The molecule has 3 atom stereocenters. The minimum atomic E-state index is -0.0201. The van der Waals surface area contributed by atoms with E-state index >= 15 is 0 Å². The third kappa shape index (κ3) is 4.86. The number of nitrogens with one attached hydrogen (secondary N) is 2. The molecule has 0 aliphatic carbocycles. The van der Waals surface area contributed by atoms with Crippen LogP contribution < -0.4 is 16.4 Å². The number of hydrogen-bond acceptors (Lipinski definition) is 4. The van der Waals surface area contributed by atoms with E-state index in [1.165, 1.54) is 6.92 Å². The average molecular weight is 273 g/mol. The van der Waals surface area contributed by atoms with Gasteiger partial charge >= 0.3 is 0 Å². The predicted molar refractivity (Wildman–Crippen MR) is 74.4 cm³/mol. The van der Waals surface area contributed by atoms with Gasteiger partial charge < -0.3 is 16.4 Å². The number of unbranched alkanes of at least 4 members (excludes halogenated alkanes) is 1. The topological polar surface area (TPSA) is 84.2 Å². The number of carbonyl (C=O) groups excluding carboxylic acids is 2. The zero-order valence-corrected chi connectivity index (χ0v) is 11.9. The molecule has 1 aliphatic heterocycles. The van der Waals surface area contributed by atoms with Crippen molar-refractivity contribution in [2.24, 2.45) is 5.73 Å². The first-order chi connectivity index (χ1) is 8.54. The van der Waals surface area contributed by atoms with E-state index in [2.05, 4.69) is 10.6 Å². The van der Waals surface area contributed by atoms with E-state index < -0.39 is 0 Å². The van der Waals surface area contributed by atoms with Crippen molar-refractivity contribution in [1.82, 2.24) is 10.6 Å². The van der Waals surface area contributed by atoms with Crippen molar-refractivity contribution in [1.29, 1.82) is 0 Å². The fourth-order valence-electron chi connectivity index (χ4n) is 2.17. The van der Waals surface area contributed by atoms with Crippen LogP contribution in [0.4, 0.5) is 0 Å². The molecule has 1 heterocycles. The van der Waals surface area contributed by atoms with E-state index in [1.54, 1.807) is 7.05 Å². The molecule has 0 aromatic rings. The number of carbonyl (C=O) groups is 2. The molecule has 4 N–H and O–H groups in total. The molecule has 0 aromatic heterocycles. The Morgan fingerprint density at radius 3 is 2.72 bits per heavy atom. The maximum absolute atomic E-state index is 11.1. The summed E-state index contributed by atoms with van der Waals surface area (Å²) in [7, 11) is 1.65. The lowest BCUT2D eigenvalue weighted by Crippen LogP contribution is -2.49. The SMILES string of the molecule is CNC(=O)CCCCC1SCC(N)C1NC(C)=O. The molecule has 0 bridgehead atoms. The van der Waals surface area contributed by atoms with E-state index in [0.29, 0.717) is 11.7 Å². The van der Waals surface area contributed by atoms with Gasteiger partial charge in [-0.3, -0.25) is 9.59 Å². The van der Waals surface area contributed by atoms with E-state index in [-0.39, 0.29) is 23.9 Å². The van der Waals surface area contributed by atoms with Crippen LogP contribution in [-0.4, -0.2) is 41.9 Å². The molecular formula is C12H23N3O2S. The van der Waals surface area contributed by atoms with Crippen LogP contribution in [0.3, 0.4) is 0 Å². The van der Waals surface area contributed by atoms with Gasteiger partial charge in [-0.05, 0) is 12.8 Å². The van der Waals surface area contributed by atoms with Crippen molar-refractivity contribution in [2.45, 2.75) is 49.9 Å². The van der Waals surface area contributed by atoms with Crippen LogP contribution in [0.1, 0.15) is 32.6 Å². The first-order valence-corrected chi connectivity index (χ1v) is 7.44. The maximum Gasteiger partial charge on any atom is 0.219 e. The van der Waals surface area contributed by atoms with Crippen molar-refractivity contribution < 1.29 is 9.59 Å². The molecule has 104 valence electrons. The van der Waals surface area contributed by atoms with Crippen LogP contribution in [0.5, 0.6) is 0 Å². The summed E-state index contributed by atoms with van der Waals surface area (Å²) in [5.74, 6) is 0.961. The lowest BCUT2D eigenvalue weighted by atomic mass is 10.0. The Hall–Kier alpha value is -0.750. The molecule has 0 spiro atoms. The van der Waals surface area contributed by atoms with Crippen molar-refractivity contribution >= 4 is 23.6 Å². The second-order valence-corrected chi connectivity index (χ2v) is 5.95. The summed E-state index contributed by atoms with van der Waals surface area (Å²) >= 11 is 1.82. The first-order valence-electron chi connectivity index (χ1n) is 6.39. The Bertz CT molecular complexity index is 299. The molecule has 1 rings (SSSR count). The molecule has 5 nitrogen and oxygen atoms in total. The van der Waals surface area contributed by atoms with Crippen molar-refractivity contribution in [3.05, 3.63) is 0 Å². The molecule has 1 fully saturated rings. The molecule has 0 saturated carbocycles. The summed E-state index contributed by atoms with van der Waals surface area (Å²) in [6.45, 7) is 1.53. The smallest absolute Gasteiger partial charge is 0.219 e. The van der Waals surface area contributed by atoms with Gasteiger partial charge in [0.05, 0.1) is 6.04 Å². The number of hydrogen-bond donors (Lipinski definition) is 3. The largest absolute Gasteiger partial charge is 0.359 e. The zero-order chi connectivity index (χ0) is 13.5. The Morgan fingerprint density at radius 2 is 2.11 bits per heavy atom. The van der Waals surface area contributed by atoms with Gasteiger partial charge in [-0.2, -0.15) is 11.8 Å². The van der Waals surface area contributed by atoms with Gasteiger partial charge in [0.25, 0.3) is 0 Å². The van der Waals surface area contributed by atoms with Gasteiger partial charge in [0.2, 0.25) is 11.8 Å². The summed E-state index contributed by atoms with van der Waals surface area (Å²) in [4.78, 5) is 22.2. The van der Waals surface area contributed by atoms with Gasteiger partial charge in [-0.25, -0.2) is 0 Å². The summed E-state index contributed by atoms with van der Waals surface area (Å²) in [5, 5.41) is 5.94. The van der Waals surface area contributed by atoms with Crippen LogP contribution >= 0.6 is 11.8 Å². The van der Waals surface area contributed by atoms with E-state index in [0.717, 1.165) is 25.0 Å². The Morgan fingerprint density at radius 1 is 1.39 bits per heavy atom. The highest BCUT2D eigenvalue weighted by Crippen LogP contribution is 2.30. The van der Waals surface area contributed by atoms with E-state index in [9.17, 15) is 9.59 Å². The molecule has 6 heteroatoms. The van der Waals surface area contributed by atoms with Gasteiger partial charge in [0.15, 0.2) is 0 Å². The quantitative estimate of drug-likeness (QED) is 0.605. The minimum absolute atomic E-state index is 0.0201. The van der Waals surface area contributed by atoms with Crippen LogP contribution in [-0.2, 0) is 9.59 Å². The molecular weight excluding hydrogens is 250 g/mol. The van der Waals surface area contributed by atoms with Crippen molar-refractivity contribution in [3.8, 4) is 0 Å². The van der Waals surface area contributed by atoms with Gasteiger partial charge in [-0.1, -0.05) is 6.42 Å². The fourth-order valence-corrected chi connectivity index (χ4v) is 3.66. The summed E-state index contributed by atoms with van der Waals surface area (Å²) in [6, 6.07) is 0.121. The zero-order valence-electron chi connectivity index (χ0n) is 11.1. The van der Waals surface area contributed by atoms with E-state index in [1.807, 2.05) is 11.8 Å². The van der Waals surface area contributed by atoms with Crippen molar-refractivity contribution in [3.63, 3.8) is 0 Å². The lowest BCUT2D eigenvalue weighted by molar-refractivity contribution is -0.121. The van der Waals surface area contributed by atoms with Crippen LogP contribution in [0.15, 0.2) is 0 Å². The maximum atomic E-state index is 11.1. The van der Waals surface area contributed by atoms with Gasteiger partial charge in [0.1, 0.15) is 0 Å². The Kier molecular flexibility index (Phi) is 6.49. The van der Waals surface area contributed by atoms with Gasteiger partial charge in [-0.15, -0.1) is 0 Å². The summed E-state index contributed by atoms with van der Waals surface area (Å²) in [6.07, 6.45) is 3.46. The number of rotatable bonds is 6. The second-order valence-electron chi connectivity index (χ2n) is 4.68. The molecule has 2 amide bonds. The molecule has 3 unspecified atom stereocenters. The Labute approximate surface area is 113 Å². The fraction of sp³-hybridized carbons (Fsp3) is 0.833. The van der Waals surface area contributed by atoms with Crippen LogP contribution in [0.25, 0.3) is 0 Å². The first kappa shape index (κ1) is 15.3. The third-order valence-corrected chi connectivity index (χ3v) is 4.69. The number of amides is 2. The molecule has 0 aromatic carbocycles. The summed E-state index contributed by atoms with van der Waals surface area (Å²) < 4.78 is 0.